The minimum Gasteiger partial charge on any atom is -0.279 e. The molecular formula is C2HI2NO2. The summed E-state index contributed by atoms with van der Waals surface area (Å²) in [7, 11) is 0. The third-order valence-electron chi connectivity index (χ3n) is 0.197. The molecule has 7 heavy (non-hydrogen) atoms. The first-order chi connectivity index (χ1) is 3.13. The number of amides is 2. The number of hydrogen-bond acceptors (Lipinski definition) is 2. The van der Waals surface area contributed by atoms with Gasteiger partial charge in [0.25, 0.3) is 7.83 Å². The van der Waals surface area contributed by atoms with Crippen molar-refractivity contribution in [3.8, 4) is 0 Å². The highest BCUT2D eigenvalue weighted by atomic mass is 127. The maximum absolute atomic E-state index is 9.90. The van der Waals surface area contributed by atoms with Crippen LogP contribution in [0.25, 0.3) is 0 Å². The Labute approximate surface area is 67.5 Å². The molecule has 2 amide bonds. The Morgan fingerprint density at radius 3 is 1.43 bits per heavy atom. The first-order valence-electron chi connectivity index (χ1n) is 1.29. The summed E-state index contributed by atoms with van der Waals surface area (Å²) in [5.74, 6) is 0. The summed E-state index contributed by atoms with van der Waals surface area (Å²) < 4.78 is -0.700. The summed E-state index contributed by atoms with van der Waals surface area (Å²) >= 11 is 2.96. The summed E-state index contributed by atoms with van der Waals surface area (Å²) in [5, 5.41) is 2.00. The minimum atomic E-state index is -0.350. The lowest BCUT2D eigenvalue weighted by molar-refractivity contribution is 0.253. The van der Waals surface area contributed by atoms with Gasteiger partial charge in [-0.1, -0.05) is 0 Å². The molecule has 40 valence electrons. The fourth-order valence-electron chi connectivity index (χ4n) is 0.0773. The number of halogens is 2. The molecule has 1 N–H and O–H groups in total. The molecule has 0 unspecified atom stereocenters. The van der Waals surface area contributed by atoms with Gasteiger partial charge in [-0.3, -0.25) is 14.9 Å². The second-order valence-corrected chi connectivity index (χ2v) is 2.63. The zero-order valence-electron chi connectivity index (χ0n) is 3.07. The second kappa shape index (κ2) is 3.58. The molecule has 0 aliphatic rings. The molecule has 0 saturated carbocycles. The third kappa shape index (κ3) is 6.60. The van der Waals surface area contributed by atoms with Gasteiger partial charge in [-0.25, -0.2) is 0 Å². The van der Waals surface area contributed by atoms with Gasteiger partial charge in [-0.2, -0.15) is 0 Å². The summed E-state index contributed by atoms with van der Waals surface area (Å²) in [6.45, 7) is 0. The lowest BCUT2D eigenvalue weighted by Crippen LogP contribution is -2.17. The van der Waals surface area contributed by atoms with Gasteiger partial charge in [0.15, 0.2) is 0 Å². The number of nitrogens with one attached hydrogen (secondary N) is 1. The van der Waals surface area contributed by atoms with Crippen LogP contribution in [-0.2, 0) is 0 Å². The Balaban J connectivity index is 3.32. The average molecular weight is 325 g/mol. The fraction of sp³-hybridized carbons (Fsp3) is 0. The van der Waals surface area contributed by atoms with Crippen molar-refractivity contribution < 1.29 is 9.59 Å². The van der Waals surface area contributed by atoms with Gasteiger partial charge < -0.3 is 0 Å². The molecule has 0 radical (unpaired) electrons. The summed E-state index contributed by atoms with van der Waals surface area (Å²) in [6.07, 6.45) is 0. The van der Waals surface area contributed by atoms with Crippen LogP contribution in [0.1, 0.15) is 0 Å². The number of rotatable bonds is 0. The van der Waals surface area contributed by atoms with Crippen molar-refractivity contribution in [2.45, 2.75) is 0 Å². The highest BCUT2D eigenvalue weighted by Crippen LogP contribution is 1.88. The zero-order valence-corrected chi connectivity index (χ0v) is 7.39. The molecule has 0 bridgehead atoms. The molecule has 0 rings (SSSR count). The van der Waals surface area contributed by atoms with E-state index in [-0.39, 0.29) is 7.83 Å². The van der Waals surface area contributed by atoms with Crippen LogP contribution in [-0.4, -0.2) is 7.83 Å². The number of carbonyl (C=O) groups is 2. The first-order valence-corrected chi connectivity index (χ1v) is 3.44. The maximum atomic E-state index is 9.90. The van der Waals surface area contributed by atoms with Crippen LogP contribution in [0.3, 0.4) is 0 Å². The highest BCUT2D eigenvalue weighted by molar-refractivity contribution is 14.1. The second-order valence-electron chi connectivity index (χ2n) is 0.672. The monoisotopic (exact) mass is 325 g/mol. The number of imide groups is 1. The Morgan fingerprint density at radius 2 is 1.43 bits per heavy atom. The van der Waals surface area contributed by atoms with E-state index in [1.54, 1.807) is 0 Å². The van der Waals surface area contributed by atoms with Gasteiger partial charge in [0, 0.05) is 45.2 Å². The van der Waals surface area contributed by atoms with Crippen molar-refractivity contribution in [2.24, 2.45) is 0 Å². The van der Waals surface area contributed by atoms with Gasteiger partial charge in [-0.15, -0.1) is 0 Å². The molecule has 0 aliphatic carbocycles. The molecule has 0 aromatic heterocycles. The molecular weight excluding hydrogens is 324 g/mol. The minimum absolute atomic E-state index is 0.350. The van der Waals surface area contributed by atoms with E-state index < -0.39 is 0 Å². The number of hydrogen-bond donors (Lipinski definition) is 1. The topological polar surface area (TPSA) is 46.2 Å². The van der Waals surface area contributed by atoms with E-state index in [1.165, 1.54) is 45.2 Å². The quantitative estimate of drug-likeness (QED) is 0.419. The van der Waals surface area contributed by atoms with Crippen LogP contribution in [0.4, 0.5) is 9.59 Å². The Kier molecular flexibility index (Phi) is 3.89. The predicted octanol–water partition coefficient (Wildman–Crippen LogP) is 1.69. The molecule has 0 aromatic rings. The van der Waals surface area contributed by atoms with Crippen LogP contribution >= 0.6 is 45.2 Å². The van der Waals surface area contributed by atoms with Gasteiger partial charge in [0.1, 0.15) is 0 Å². The molecule has 0 spiro atoms. The lowest BCUT2D eigenvalue weighted by atomic mass is 11.2. The van der Waals surface area contributed by atoms with Gasteiger partial charge in [-0.05, 0) is 0 Å². The van der Waals surface area contributed by atoms with Crippen LogP contribution in [0.15, 0.2) is 0 Å². The van der Waals surface area contributed by atoms with Crippen LogP contribution in [0.2, 0.25) is 0 Å². The predicted molar refractivity (Wildman–Crippen MR) is 42.0 cm³/mol. The van der Waals surface area contributed by atoms with Gasteiger partial charge >= 0.3 is 0 Å². The Morgan fingerprint density at radius 1 is 1.14 bits per heavy atom. The van der Waals surface area contributed by atoms with Crippen LogP contribution < -0.4 is 5.32 Å². The lowest BCUT2D eigenvalue weighted by Gasteiger charge is -1.84. The molecule has 3 nitrogen and oxygen atoms in total. The van der Waals surface area contributed by atoms with E-state index in [0.29, 0.717) is 0 Å². The van der Waals surface area contributed by atoms with E-state index in [0.717, 1.165) is 0 Å². The molecule has 0 saturated heterocycles. The van der Waals surface area contributed by atoms with Crippen molar-refractivity contribution in [2.75, 3.05) is 0 Å². The summed E-state index contributed by atoms with van der Waals surface area (Å²) in [5.41, 5.74) is 0. The third-order valence-corrected chi connectivity index (χ3v) is 0.736. The normalized spacial score (nSPS) is 7.71. The van der Waals surface area contributed by atoms with E-state index in [4.69, 9.17) is 0 Å². The average Bonchev–Trinajstić information content (AvgIpc) is 1.27. The molecule has 0 heterocycles. The molecule has 5 heteroatoms. The Bertz CT molecular complexity index is 89.9. The molecule has 0 aromatic carbocycles. The largest absolute Gasteiger partial charge is 0.287 e. The van der Waals surface area contributed by atoms with Crippen molar-refractivity contribution in [1.82, 2.24) is 5.32 Å². The van der Waals surface area contributed by atoms with E-state index >= 15 is 0 Å². The highest BCUT2D eigenvalue weighted by Gasteiger charge is 1.94. The van der Waals surface area contributed by atoms with Crippen molar-refractivity contribution in [3.63, 3.8) is 0 Å². The van der Waals surface area contributed by atoms with Gasteiger partial charge in [0.05, 0.1) is 0 Å². The van der Waals surface area contributed by atoms with E-state index in [2.05, 4.69) is 0 Å². The number of carbonyl (C=O) groups excluding carboxylic acids is 2. The SMILES string of the molecule is O=C(I)NC(=O)I. The first kappa shape index (κ1) is 7.60. The molecule has 0 aliphatic heterocycles. The van der Waals surface area contributed by atoms with E-state index in [1.807, 2.05) is 5.32 Å². The van der Waals surface area contributed by atoms with Gasteiger partial charge in [0.2, 0.25) is 0 Å². The fourth-order valence-corrected chi connectivity index (χ4v) is 1.08. The summed E-state index contributed by atoms with van der Waals surface area (Å²) in [6, 6.07) is 0. The van der Waals surface area contributed by atoms with Crippen LogP contribution in [0, 0.1) is 0 Å². The van der Waals surface area contributed by atoms with Crippen molar-refractivity contribution in [3.05, 3.63) is 0 Å². The van der Waals surface area contributed by atoms with E-state index in [9.17, 15) is 9.59 Å². The maximum Gasteiger partial charge on any atom is 0.287 e. The van der Waals surface area contributed by atoms with Crippen molar-refractivity contribution in [1.29, 1.82) is 0 Å². The standard InChI is InChI=1S/C2HI2NO2/c3-1(6)5-2(4)7/h(H,5,6,7). The van der Waals surface area contributed by atoms with Crippen LogP contribution in [0.5, 0.6) is 0 Å². The van der Waals surface area contributed by atoms with Crippen molar-refractivity contribution >= 4 is 53.0 Å². The smallest absolute Gasteiger partial charge is 0.279 e. The molecule has 0 fully saturated rings. The zero-order chi connectivity index (χ0) is 5.86. The summed E-state index contributed by atoms with van der Waals surface area (Å²) in [4.78, 5) is 19.8. The molecule has 0 atom stereocenters. The Hall–Kier alpha value is 0.600.